The molecule has 3 rings (SSSR count). The van der Waals surface area contributed by atoms with Crippen LogP contribution in [0.4, 0.5) is 5.69 Å². The number of hydrogen-bond donors (Lipinski definition) is 1. The Balaban J connectivity index is 1.71. The molecular weight excluding hydrogens is 394 g/mol. The van der Waals surface area contributed by atoms with Gasteiger partial charge >= 0.3 is 0 Å². The minimum absolute atomic E-state index is 0.0885. The third-order valence-electron chi connectivity index (χ3n) is 4.79. The van der Waals surface area contributed by atoms with Crippen LogP contribution in [0.3, 0.4) is 0 Å². The first-order chi connectivity index (χ1) is 13.8. The molecule has 9 heteroatoms. The Labute approximate surface area is 170 Å². The highest BCUT2D eigenvalue weighted by Gasteiger charge is 2.36. The van der Waals surface area contributed by atoms with Crippen molar-refractivity contribution in [3.05, 3.63) is 48.4 Å². The second kappa shape index (κ2) is 8.79. The summed E-state index contributed by atoms with van der Waals surface area (Å²) >= 11 is 0. The highest BCUT2D eigenvalue weighted by atomic mass is 32.2. The molecule has 1 unspecified atom stereocenters. The van der Waals surface area contributed by atoms with Gasteiger partial charge in [0, 0.05) is 24.8 Å². The number of benzene rings is 1. The van der Waals surface area contributed by atoms with E-state index in [4.69, 9.17) is 9.26 Å². The first-order valence-corrected chi connectivity index (χ1v) is 10.8. The second-order valence-electron chi connectivity index (χ2n) is 6.97. The maximum atomic E-state index is 13.0. The molecule has 0 spiro atoms. The minimum atomic E-state index is -3.77. The van der Waals surface area contributed by atoms with Crippen molar-refractivity contribution in [2.24, 2.45) is 5.92 Å². The fraction of sp³-hybridized carbons (Fsp3) is 0.400. The van der Waals surface area contributed by atoms with Crippen LogP contribution in [-0.4, -0.2) is 43.5 Å². The van der Waals surface area contributed by atoms with Crippen LogP contribution < -0.4 is 10.1 Å². The van der Waals surface area contributed by atoms with E-state index < -0.39 is 15.9 Å². The lowest BCUT2D eigenvalue weighted by Crippen LogP contribution is -2.43. The summed E-state index contributed by atoms with van der Waals surface area (Å²) in [6, 6.07) is 7.06. The molecular formula is C20H25N3O5S. The van der Waals surface area contributed by atoms with Gasteiger partial charge in [-0.05, 0) is 38.8 Å². The SMILES string of the molecule is C=CCOc1cccc(NC(=O)C2CCCN(S(=O)(=O)c3c(C)noc3C)C2)c1. The number of nitrogens with one attached hydrogen (secondary N) is 1. The minimum Gasteiger partial charge on any atom is -0.489 e. The number of rotatable bonds is 7. The van der Waals surface area contributed by atoms with Crippen LogP contribution in [-0.2, 0) is 14.8 Å². The van der Waals surface area contributed by atoms with E-state index in [1.807, 2.05) is 0 Å². The van der Waals surface area contributed by atoms with Crippen LogP contribution in [0.2, 0.25) is 0 Å². The number of anilines is 1. The number of carbonyl (C=O) groups is 1. The standard InChI is InChI=1S/C20H25N3O5S/c1-4-11-27-18-9-5-8-17(12-18)21-20(24)16-7-6-10-23(13-16)29(25,26)19-14(2)22-28-15(19)3/h4-5,8-9,12,16H,1,6-7,10-11,13H2,2-3H3,(H,21,24). The fourth-order valence-electron chi connectivity index (χ4n) is 3.41. The first-order valence-electron chi connectivity index (χ1n) is 9.40. The van der Waals surface area contributed by atoms with Crippen LogP contribution in [0.1, 0.15) is 24.3 Å². The molecule has 29 heavy (non-hydrogen) atoms. The molecule has 1 saturated heterocycles. The number of ether oxygens (including phenoxy) is 1. The Hall–Kier alpha value is -2.65. The van der Waals surface area contributed by atoms with E-state index >= 15 is 0 Å². The van der Waals surface area contributed by atoms with Gasteiger partial charge in [-0.2, -0.15) is 4.31 Å². The molecule has 1 aromatic heterocycles. The van der Waals surface area contributed by atoms with Crippen molar-refractivity contribution >= 4 is 21.6 Å². The van der Waals surface area contributed by atoms with E-state index in [0.717, 1.165) is 0 Å². The third-order valence-corrected chi connectivity index (χ3v) is 6.90. The van der Waals surface area contributed by atoms with E-state index in [2.05, 4.69) is 17.1 Å². The predicted octanol–water partition coefficient (Wildman–Crippen LogP) is 2.90. The highest BCUT2D eigenvalue weighted by Crippen LogP contribution is 2.28. The highest BCUT2D eigenvalue weighted by molar-refractivity contribution is 7.89. The Morgan fingerprint density at radius 2 is 2.24 bits per heavy atom. The summed E-state index contributed by atoms with van der Waals surface area (Å²) in [4.78, 5) is 12.9. The summed E-state index contributed by atoms with van der Waals surface area (Å²) in [5.74, 6) is 0.209. The van der Waals surface area contributed by atoms with Crippen molar-refractivity contribution in [2.45, 2.75) is 31.6 Å². The van der Waals surface area contributed by atoms with Crippen LogP contribution in [0, 0.1) is 19.8 Å². The summed E-state index contributed by atoms with van der Waals surface area (Å²) in [6.45, 7) is 7.62. The summed E-state index contributed by atoms with van der Waals surface area (Å²) in [5.41, 5.74) is 0.924. The normalized spacial score (nSPS) is 17.7. The second-order valence-corrected chi connectivity index (χ2v) is 8.85. The first kappa shape index (κ1) is 21.1. The average molecular weight is 420 g/mol. The van der Waals surface area contributed by atoms with Gasteiger partial charge in [0.25, 0.3) is 0 Å². The van der Waals surface area contributed by atoms with Gasteiger partial charge in [-0.15, -0.1) is 0 Å². The molecule has 0 radical (unpaired) electrons. The van der Waals surface area contributed by atoms with Gasteiger partial charge in [0.2, 0.25) is 15.9 Å². The van der Waals surface area contributed by atoms with Gasteiger partial charge in [0.1, 0.15) is 22.9 Å². The number of carbonyl (C=O) groups excluding carboxylic acids is 1. The van der Waals surface area contributed by atoms with Gasteiger partial charge in [0.15, 0.2) is 5.76 Å². The number of sulfonamides is 1. The summed E-state index contributed by atoms with van der Waals surface area (Å²) in [7, 11) is -3.77. The Morgan fingerprint density at radius 3 is 2.93 bits per heavy atom. The summed E-state index contributed by atoms with van der Waals surface area (Å²) in [5, 5.41) is 6.60. The topological polar surface area (TPSA) is 102 Å². The molecule has 0 bridgehead atoms. The number of nitrogens with zero attached hydrogens (tertiary/aromatic N) is 2. The lowest BCUT2D eigenvalue weighted by molar-refractivity contribution is -0.120. The lowest BCUT2D eigenvalue weighted by Gasteiger charge is -2.31. The average Bonchev–Trinajstić information content (AvgIpc) is 3.05. The van der Waals surface area contributed by atoms with E-state index in [9.17, 15) is 13.2 Å². The molecule has 1 aliphatic rings. The zero-order valence-corrected chi connectivity index (χ0v) is 17.4. The molecule has 1 fully saturated rings. The zero-order valence-electron chi connectivity index (χ0n) is 16.6. The molecule has 8 nitrogen and oxygen atoms in total. The van der Waals surface area contributed by atoms with Gasteiger partial charge < -0.3 is 14.6 Å². The Kier molecular flexibility index (Phi) is 6.39. The van der Waals surface area contributed by atoms with Crippen molar-refractivity contribution in [1.82, 2.24) is 9.46 Å². The summed E-state index contributed by atoms with van der Waals surface area (Å²) in [6.07, 6.45) is 2.86. The van der Waals surface area contributed by atoms with Crippen molar-refractivity contribution in [2.75, 3.05) is 25.0 Å². The Bertz CT molecular complexity index is 980. The molecule has 1 amide bonds. The lowest BCUT2D eigenvalue weighted by atomic mass is 9.98. The van der Waals surface area contributed by atoms with E-state index in [1.165, 1.54) is 4.31 Å². The van der Waals surface area contributed by atoms with E-state index in [-0.39, 0.29) is 23.1 Å². The zero-order chi connectivity index (χ0) is 21.0. The van der Waals surface area contributed by atoms with Crippen molar-refractivity contribution in [3.8, 4) is 5.75 Å². The van der Waals surface area contributed by atoms with Gasteiger partial charge in [-0.1, -0.05) is 23.9 Å². The van der Waals surface area contributed by atoms with Gasteiger partial charge in [0.05, 0.1) is 5.92 Å². The van der Waals surface area contributed by atoms with E-state index in [0.29, 0.717) is 43.1 Å². The quantitative estimate of drug-likeness (QED) is 0.693. The fourth-order valence-corrected chi connectivity index (χ4v) is 5.22. The predicted molar refractivity (Wildman–Crippen MR) is 108 cm³/mol. The van der Waals surface area contributed by atoms with Crippen LogP contribution in [0.15, 0.2) is 46.3 Å². The number of aryl methyl sites for hydroxylation is 2. The molecule has 156 valence electrons. The van der Waals surface area contributed by atoms with Gasteiger partial charge in [-0.25, -0.2) is 8.42 Å². The number of amides is 1. The van der Waals surface area contributed by atoms with Gasteiger partial charge in [-0.3, -0.25) is 4.79 Å². The van der Waals surface area contributed by atoms with E-state index in [1.54, 1.807) is 44.2 Å². The van der Waals surface area contributed by atoms with Crippen LogP contribution in [0.25, 0.3) is 0 Å². The van der Waals surface area contributed by atoms with Crippen molar-refractivity contribution in [3.63, 3.8) is 0 Å². The molecule has 2 aromatic rings. The molecule has 1 aliphatic heterocycles. The Morgan fingerprint density at radius 1 is 1.45 bits per heavy atom. The van der Waals surface area contributed by atoms with Crippen LogP contribution in [0.5, 0.6) is 5.75 Å². The molecule has 1 aromatic carbocycles. The molecule has 2 heterocycles. The molecule has 1 atom stereocenters. The number of piperidine rings is 1. The monoisotopic (exact) mass is 419 g/mol. The maximum Gasteiger partial charge on any atom is 0.248 e. The van der Waals surface area contributed by atoms with Crippen molar-refractivity contribution in [1.29, 1.82) is 0 Å². The number of aromatic nitrogens is 1. The maximum absolute atomic E-state index is 13.0. The van der Waals surface area contributed by atoms with Crippen LogP contribution >= 0.6 is 0 Å². The molecule has 0 saturated carbocycles. The third kappa shape index (κ3) is 4.68. The smallest absolute Gasteiger partial charge is 0.248 e. The number of hydrogen-bond acceptors (Lipinski definition) is 6. The largest absolute Gasteiger partial charge is 0.489 e. The molecule has 1 N–H and O–H groups in total. The molecule has 0 aliphatic carbocycles. The van der Waals surface area contributed by atoms with Crippen molar-refractivity contribution < 1.29 is 22.5 Å². The summed E-state index contributed by atoms with van der Waals surface area (Å²) < 4.78 is 37.9.